The molecule has 116 valence electrons. The van der Waals surface area contributed by atoms with Crippen LogP contribution in [0.25, 0.3) is 0 Å². The van der Waals surface area contributed by atoms with E-state index in [0.717, 1.165) is 19.2 Å². The third-order valence-corrected chi connectivity index (χ3v) is 4.46. The van der Waals surface area contributed by atoms with Crippen molar-refractivity contribution in [1.29, 1.82) is 0 Å². The molecular weight excluding hydrogens is 276 g/mol. The molecule has 2 heterocycles. The monoisotopic (exact) mass is 297 g/mol. The number of hydrogen-bond donors (Lipinski definition) is 2. The van der Waals surface area contributed by atoms with Gasteiger partial charge in [-0.05, 0) is 43.5 Å². The topological polar surface area (TPSA) is 50.5 Å². The summed E-state index contributed by atoms with van der Waals surface area (Å²) in [6.45, 7) is 2.62. The van der Waals surface area contributed by atoms with Crippen LogP contribution in [0.15, 0.2) is 18.2 Å². The molecule has 0 aliphatic carbocycles. The highest BCUT2D eigenvalue weighted by Crippen LogP contribution is 2.24. The maximum absolute atomic E-state index is 13.3. The lowest BCUT2D eigenvalue weighted by atomic mass is 9.99. The zero-order valence-electron chi connectivity index (χ0n) is 11.9. The summed E-state index contributed by atoms with van der Waals surface area (Å²) in [7, 11) is 0. The van der Waals surface area contributed by atoms with E-state index in [4.69, 9.17) is 10.6 Å². The number of halogens is 2. The second kappa shape index (κ2) is 6.36. The molecule has 0 bridgehead atoms. The molecule has 2 saturated heterocycles. The molecule has 2 aliphatic rings. The van der Waals surface area contributed by atoms with Crippen molar-refractivity contribution in [2.45, 2.75) is 37.5 Å². The second-order valence-electron chi connectivity index (χ2n) is 5.92. The highest BCUT2D eigenvalue weighted by Gasteiger charge is 2.35. The Morgan fingerprint density at radius 1 is 1.33 bits per heavy atom. The lowest BCUT2D eigenvalue weighted by molar-refractivity contribution is -0.0644. The van der Waals surface area contributed by atoms with Crippen LogP contribution in [0, 0.1) is 11.6 Å². The third-order valence-electron chi connectivity index (χ3n) is 4.46. The van der Waals surface area contributed by atoms with E-state index in [1.165, 1.54) is 25.0 Å². The largest absolute Gasteiger partial charge is 0.374 e. The third kappa shape index (κ3) is 3.40. The van der Waals surface area contributed by atoms with Gasteiger partial charge in [-0.1, -0.05) is 0 Å². The van der Waals surface area contributed by atoms with Crippen LogP contribution in [-0.4, -0.2) is 42.8 Å². The first-order chi connectivity index (χ1) is 10.2. The van der Waals surface area contributed by atoms with Gasteiger partial charge in [0.1, 0.15) is 11.6 Å². The van der Waals surface area contributed by atoms with E-state index < -0.39 is 11.6 Å². The number of hydrogen-bond acceptors (Lipinski definition) is 4. The predicted octanol–water partition coefficient (Wildman–Crippen LogP) is 1.20. The molecule has 4 nitrogen and oxygen atoms in total. The molecule has 3 rings (SSSR count). The van der Waals surface area contributed by atoms with Crippen LogP contribution in [0.3, 0.4) is 0 Å². The zero-order chi connectivity index (χ0) is 14.8. The van der Waals surface area contributed by atoms with E-state index in [9.17, 15) is 8.78 Å². The summed E-state index contributed by atoms with van der Waals surface area (Å²) in [6, 6.07) is 3.92. The summed E-state index contributed by atoms with van der Waals surface area (Å²) in [5.74, 6) is 4.50. The van der Waals surface area contributed by atoms with Crippen LogP contribution < -0.4 is 11.3 Å². The normalized spacial score (nSPS) is 27.6. The fourth-order valence-corrected chi connectivity index (χ4v) is 3.37. The van der Waals surface area contributed by atoms with Crippen molar-refractivity contribution >= 4 is 0 Å². The minimum Gasteiger partial charge on any atom is -0.374 e. The van der Waals surface area contributed by atoms with Crippen molar-refractivity contribution in [3.8, 4) is 0 Å². The van der Waals surface area contributed by atoms with Gasteiger partial charge < -0.3 is 4.74 Å². The highest BCUT2D eigenvalue weighted by atomic mass is 19.1. The molecule has 0 saturated carbocycles. The number of rotatable bonds is 4. The van der Waals surface area contributed by atoms with Gasteiger partial charge in [-0.25, -0.2) is 8.78 Å². The summed E-state index contributed by atoms with van der Waals surface area (Å²) in [4.78, 5) is 2.42. The van der Waals surface area contributed by atoms with Crippen LogP contribution in [-0.2, 0) is 11.2 Å². The van der Waals surface area contributed by atoms with E-state index in [-0.39, 0.29) is 12.1 Å². The standard InChI is InChI=1S/C15H21F2N3O/c16-11-4-10(5-12(17)7-11)6-14(19-18)15-8-20-3-1-2-13(20)9-21-15/h4-5,7,13-15,19H,1-3,6,8-9,18H2. The summed E-state index contributed by atoms with van der Waals surface area (Å²) in [6.07, 6.45) is 2.77. The molecule has 1 aromatic rings. The fourth-order valence-electron chi connectivity index (χ4n) is 3.37. The highest BCUT2D eigenvalue weighted by molar-refractivity contribution is 5.19. The van der Waals surface area contributed by atoms with E-state index in [1.807, 2.05) is 0 Å². The average Bonchev–Trinajstić information content (AvgIpc) is 2.91. The Morgan fingerprint density at radius 2 is 2.10 bits per heavy atom. The molecule has 1 aromatic carbocycles. The van der Waals surface area contributed by atoms with Gasteiger partial charge in [0.25, 0.3) is 0 Å². The Balaban J connectivity index is 1.67. The lowest BCUT2D eigenvalue weighted by Crippen LogP contribution is -2.56. The van der Waals surface area contributed by atoms with Gasteiger partial charge in [0.2, 0.25) is 0 Å². The predicted molar refractivity (Wildman–Crippen MR) is 75.5 cm³/mol. The number of ether oxygens (including phenoxy) is 1. The molecule has 0 amide bonds. The average molecular weight is 297 g/mol. The van der Waals surface area contributed by atoms with Crippen molar-refractivity contribution in [2.75, 3.05) is 19.7 Å². The van der Waals surface area contributed by atoms with E-state index in [1.54, 1.807) is 0 Å². The van der Waals surface area contributed by atoms with Crippen LogP contribution in [0.2, 0.25) is 0 Å². The molecule has 0 radical (unpaired) electrons. The van der Waals surface area contributed by atoms with E-state index >= 15 is 0 Å². The molecule has 3 atom stereocenters. The Labute approximate surface area is 123 Å². The molecule has 3 N–H and O–H groups in total. The van der Waals surface area contributed by atoms with Crippen LogP contribution in [0.5, 0.6) is 0 Å². The van der Waals surface area contributed by atoms with Gasteiger partial charge in [0.05, 0.1) is 18.8 Å². The maximum Gasteiger partial charge on any atom is 0.126 e. The van der Waals surface area contributed by atoms with Crippen molar-refractivity contribution in [3.05, 3.63) is 35.4 Å². The molecule has 0 aromatic heterocycles. The number of morpholine rings is 1. The fraction of sp³-hybridized carbons (Fsp3) is 0.600. The number of fused-ring (bicyclic) bond motifs is 1. The van der Waals surface area contributed by atoms with Crippen molar-refractivity contribution in [1.82, 2.24) is 10.3 Å². The van der Waals surface area contributed by atoms with Crippen molar-refractivity contribution in [3.63, 3.8) is 0 Å². The molecular formula is C15H21F2N3O. The van der Waals surface area contributed by atoms with Crippen LogP contribution >= 0.6 is 0 Å². The quantitative estimate of drug-likeness (QED) is 0.648. The van der Waals surface area contributed by atoms with Crippen LogP contribution in [0.1, 0.15) is 18.4 Å². The zero-order valence-corrected chi connectivity index (χ0v) is 11.9. The SMILES string of the molecule is NNC(Cc1cc(F)cc(F)c1)C1CN2CCCC2CO1. The van der Waals surface area contributed by atoms with Crippen LogP contribution in [0.4, 0.5) is 8.78 Å². The molecule has 3 unspecified atom stereocenters. The van der Waals surface area contributed by atoms with Gasteiger partial charge >= 0.3 is 0 Å². The maximum atomic E-state index is 13.3. The smallest absolute Gasteiger partial charge is 0.126 e. The minimum atomic E-state index is -0.565. The molecule has 6 heteroatoms. The van der Waals surface area contributed by atoms with Crippen molar-refractivity contribution < 1.29 is 13.5 Å². The van der Waals surface area contributed by atoms with Gasteiger partial charge in [-0.3, -0.25) is 16.2 Å². The summed E-state index contributed by atoms with van der Waals surface area (Å²) < 4.78 is 32.4. The first-order valence-electron chi connectivity index (χ1n) is 7.42. The Kier molecular flexibility index (Phi) is 4.49. The van der Waals surface area contributed by atoms with Gasteiger partial charge in [-0.2, -0.15) is 0 Å². The first-order valence-corrected chi connectivity index (χ1v) is 7.42. The number of nitrogens with zero attached hydrogens (tertiary/aromatic N) is 1. The number of hydrazine groups is 1. The molecule has 2 aliphatic heterocycles. The number of nitrogens with two attached hydrogens (primary N) is 1. The molecule has 21 heavy (non-hydrogen) atoms. The lowest BCUT2D eigenvalue weighted by Gasteiger charge is -2.38. The second-order valence-corrected chi connectivity index (χ2v) is 5.92. The summed E-state index contributed by atoms with van der Waals surface area (Å²) in [5, 5.41) is 0. The Bertz CT molecular complexity index is 480. The van der Waals surface area contributed by atoms with Gasteiger partial charge in [0, 0.05) is 18.7 Å². The molecule has 0 spiro atoms. The minimum absolute atomic E-state index is 0.0596. The Hall–Kier alpha value is -1.08. The van der Waals surface area contributed by atoms with Gasteiger partial charge in [0.15, 0.2) is 0 Å². The first kappa shape index (κ1) is 14.8. The number of benzene rings is 1. The van der Waals surface area contributed by atoms with E-state index in [2.05, 4.69) is 10.3 Å². The van der Waals surface area contributed by atoms with Gasteiger partial charge in [-0.15, -0.1) is 0 Å². The van der Waals surface area contributed by atoms with E-state index in [0.29, 0.717) is 24.6 Å². The summed E-state index contributed by atoms with van der Waals surface area (Å²) >= 11 is 0. The van der Waals surface area contributed by atoms with Crippen molar-refractivity contribution in [2.24, 2.45) is 5.84 Å². The number of nitrogens with one attached hydrogen (secondary N) is 1. The molecule has 2 fully saturated rings. The Morgan fingerprint density at radius 3 is 2.81 bits per heavy atom. The summed E-state index contributed by atoms with van der Waals surface area (Å²) in [5.41, 5.74) is 3.33.